The average Bonchev–Trinajstić information content (AvgIpc) is 2.94. The molecule has 106 valence electrons. The van der Waals surface area contributed by atoms with Gasteiger partial charge in [0.25, 0.3) is 5.89 Å². The normalized spacial score (nSPS) is 17.8. The Morgan fingerprint density at radius 1 is 1.35 bits per heavy atom. The van der Waals surface area contributed by atoms with Gasteiger partial charge < -0.3 is 14.9 Å². The zero-order valence-electron chi connectivity index (χ0n) is 11.6. The van der Waals surface area contributed by atoms with Gasteiger partial charge in [-0.2, -0.15) is 0 Å². The van der Waals surface area contributed by atoms with E-state index in [4.69, 9.17) is 14.9 Å². The molecular weight excluding hydrogens is 254 g/mol. The molecule has 5 nitrogen and oxygen atoms in total. The molecule has 0 fully saturated rings. The van der Waals surface area contributed by atoms with Gasteiger partial charge in [0.2, 0.25) is 5.89 Å². The van der Waals surface area contributed by atoms with Crippen molar-refractivity contribution in [2.75, 3.05) is 0 Å². The van der Waals surface area contributed by atoms with E-state index in [1.165, 1.54) is 11.1 Å². The largest absolute Gasteiger partial charge is 0.484 e. The van der Waals surface area contributed by atoms with Crippen molar-refractivity contribution >= 4 is 0 Å². The smallest absolute Gasteiger partial charge is 0.253 e. The minimum Gasteiger partial charge on any atom is -0.484 e. The summed E-state index contributed by atoms with van der Waals surface area (Å²) < 4.78 is 11.1. The molecule has 1 aromatic carbocycles. The molecule has 0 aliphatic heterocycles. The fourth-order valence-corrected chi connectivity index (χ4v) is 2.54. The summed E-state index contributed by atoms with van der Waals surface area (Å²) in [5, 5.41) is 7.85. The van der Waals surface area contributed by atoms with Gasteiger partial charge in [-0.1, -0.05) is 13.0 Å². The van der Waals surface area contributed by atoms with Crippen molar-refractivity contribution in [3.63, 3.8) is 0 Å². The Balaban J connectivity index is 1.70. The van der Waals surface area contributed by atoms with E-state index in [-0.39, 0.29) is 6.04 Å². The number of hydrogen-bond donors (Lipinski definition) is 1. The molecule has 1 heterocycles. The lowest BCUT2D eigenvalue weighted by Crippen LogP contribution is -2.17. The summed E-state index contributed by atoms with van der Waals surface area (Å²) in [5.41, 5.74) is 8.69. The molecule has 1 atom stereocenters. The van der Waals surface area contributed by atoms with Crippen LogP contribution < -0.4 is 10.5 Å². The van der Waals surface area contributed by atoms with Gasteiger partial charge in [0.05, 0.1) is 0 Å². The molecule has 0 bridgehead atoms. The maximum atomic E-state index is 6.15. The molecule has 1 aliphatic carbocycles. The number of hydrogen-bond acceptors (Lipinski definition) is 5. The quantitative estimate of drug-likeness (QED) is 0.926. The minimum atomic E-state index is 0.123. The molecule has 0 amide bonds. The van der Waals surface area contributed by atoms with Crippen molar-refractivity contribution in [2.45, 2.75) is 45.3 Å². The molecule has 0 saturated heterocycles. The molecule has 0 saturated carbocycles. The summed E-state index contributed by atoms with van der Waals surface area (Å²) in [6.07, 6.45) is 4.05. The molecule has 0 radical (unpaired) electrons. The first-order valence-electron chi connectivity index (χ1n) is 7.08. The van der Waals surface area contributed by atoms with Crippen molar-refractivity contribution in [1.29, 1.82) is 0 Å². The second-order valence-corrected chi connectivity index (χ2v) is 5.09. The van der Waals surface area contributed by atoms with Gasteiger partial charge in [-0.15, -0.1) is 10.2 Å². The number of fused-ring (bicyclic) bond motifs is 1. The van der Waals surface area contributed by atoms with Gasteiger partial charge in [0.15, 0.2) is 6.61 Å². The van der Waals surface area contributed by atoms with Crippen molar-refractivity contribution in [1.82, 2.24) is 10.2 Å². The van der Waals surface area contributed by atoms with Crippen molar-refractivity contribution in [3.05, 3.63) is 41.1 Å². The summed E-state index contributed by atoms with van der Waals surface area (Å²) in [7, 11) is 0. The molecule has 1 aromatic heterocycles. The highest BCUT2D eigenvalue weighted by molar-refractivity contribution is 5.39. The van der Waals surface area contributed by atoms with Crippen LogP contribution in [0.5, 0.6) is 5.75 Å². The molecule has 5 heteroatoms. The van der Waals surface area contributed by atoms with Crippen LogP contribution in [0, 0.1) is 0 Å². The minimum absolute atomic E-state index is 0.123. The standard InChI is InChI=1S/C15H19N3O2/c1-2-14-17-18-15(20-14)9-19-11-7-6-10-4-3-5-13(16)12(10)8-11/h6-8,13H,2-5,9,16H2,1H3. The summed E-state index contributed by atoms with van der Waals surface area (Å²) in [5.74, 6) is 1.94. The lowest BCUT2D eigenvalue weighted by molar-refractivity contribution is 0.258. The summed E-state index contributed by atoms with van der Waals surface area (Å²) >= 11 is 0. The summed E-state index contributed by atoms with van der Waals surface area (Å²) in [4.78, 5) is 0. The molecule has 3 rings (SSSR count). The molecule has 1 unspecified atom stereocenters. The predicted octanol–water partition coefficient (Wildman–Crippen LogP) is 2.55. The highest BCUT2D eigenvalue weighted by Crippen LogP contribution is 2.31. The first kappa shape index (κ1) is 13.1. The SMILES string of the molecule is CCc1nnc(COc2ccc3c(c2)C(N)CCC3)o1. The predicted molar refractivity (Wildman–Crippen MR) is 74.3 cm³/mol. The van der Waals surface area contributed by atoms with Crippen molar-refractivity contribution in [2.24, 2.45) is 5.73 Å². The van der Waals surface area contributed by atoms with Crippen molar-refractivity contribution < 1.29 is 9.15 Å². The summed E-state index contributed by atoms with van der Waals surface area (Å²) in [6, 6.07) is 6.25. The van der Waals surface area contributed by atoms with E-state index in [1.807, 2.05) is 19.1 Å². The van der Waals surface area contributed by atoms with Gasteiger partial charge in [0.1, 0.15) is 5.75 Å². The zero-order chi connectivity index (χ0) is 13.9. The van der Waals surface area contributed by atoms with Crippen LogP contribution in [-0.4, -0.2) is 10.2 Å². The van der Waals surface area contributed by atoms with Crippen LogP contribution in [0.4, 0.5) is 0 Å². The molecule has 2 N–H and O–H groups in total. The molecular formula is C15H19N3O2. The topological polar surface area (TPSA) is 74.2 Å². The van der Waals surface area contributed by atoms with Crippen LogP contribution in [0.25, 0.3) is 0 Å². The molecule has 0 spiro atoms. The van der Waals surface area contributed by atoms with E-state index in [1.54, 1.807) is 0 Å². The third-order valence-electron chi connectivity index (χ3n) is 3.65. The first-order valence-corrected chi connectivity index (χ1v) is 7.08. The van der Waals surface area contributed by atoms with Gasteiger partial charge in [-0.05, 0) is 42.5 Å². The number of benzene rings is 1. The number of nitrogens with two attached hydrogens (primary N) is 1. The van der Waals surface area contributed by atoms with Crippen LogP contribution in [-0.2, 0) is 19.4 Å². The number of rotatable bonds is 4. The highest BCUT2D eigenvalue weighted by atomic mass is 16.5. The van der Waals surface area contributed by atoms with Crippen molar-refractivity contribution in [3.8, 4) is 5.75 Å². The Hall–Kier alpha value is -1.88. The maximum Gasteiger partial charge on any atom is 0.253 e. The lowest BCUT2D eigenvalue weighted by atomic mass is 9.88. The monoisotopic (exact) mass is 273 g/mol. The summed E-state index contributed by atoms with van der Waals surface area (Å²) in [6.45, 7) is 2.27. The number of aromatic nitrogens is 2. The second kappa shape index (κ2) is 5.63. The molecule has 20 heavy (non-hydrogen) atoms. The van der Waals surface area contributed by atoms with Gasteiger partial charge in [-0.3, -0.25) is 0 Å². The van der Waals surface area contributed by atoms with E-state index < -0.39 is 0 Å². The third kappa shape index (κ3) is 2.67. The Kier molecular flexibility index (Phi) is 3.69. The highest BCUT2D eigenvalue weighted by Gasteiger charge is 2.17. The Morgan fingerprint density at radius 2 is 2.20 bits per heavy atom. The number of nitrogens with zero attached hydrogens (tertiary/aromatic N) is 2. The Morgan fingerprint density at radius 3 is 3.00 bits per heavy atom. The fourth-order valence-electron chi connectivity index (χ4n) is 2.54. The van der Waals surface area contributed by atoms with Crippen LogP contribution in [0.1, 0.15) is 48.7 Å². The number of aryl methyl sites for hydroxylation is 2. The van der Waals surface area contributed by atoms with Crippen LogP contribution in [0.3, 0.4) is 0 Å². The van der Waals surface area contributed by atoms with Crippen LogP contribution >= 0.6 is 0 Å². The van der Waals surface area contributed by atoms with Crippen LogP contribution in [0.2, 0.25) is 0 Å². The van der Waals surface area contributed by atoms with E-state index in [0.29, 0.717) is 18.4 Å². The molecule has 1 aliphatic rings. The average molecular weight is 273 g/mol. The zero-order valence-corrected chi connectivity index (χ0v) is 11.6. The third-order valence-corrected chi connectivity index (χ3v) is 3.65. The Bertz CT molecular complexity index is 595. The van der Waals surface area contributed by atoms with Gasteiger partial charge >= 0.3 is 0 Å². The first-order chi connectivity index (χ1) is 9.76. The maximum absolute atomic E-state index is 6.15. The van der Waals surface area contributed by atoms with Gasteiger partial charge in [0, 0.05) is 12.5 Å². The Labute approximate surface area is 118 Å². The number of ether oxygens (including phenoxy) is 1. The lowest BCUT2D eigenvalue weighted by Gasteiger charge is -2.22. The molecule has 2 aromatic rings. The second-order valence-electron chi connectivity index (χ2n) is 5.09. The van der Waals surface area contributed by atoms with Gasteiger partial charge in [-0.25, -0.2) is 0 Å². The van der Waals surface area contributed by atoms with E-state index >= 15 is 0 Å². The van der Waals surface area contributed by atoms with E-state index in [0.717, 1.165) is 31.4 Å². The fraction of sp³-hybridized carbons (Fsp3) is 0.467. The van der Waals surface area contributed by atoms with E-state index in [2.05, 4.69) is 16.3 Å². The van der Waals surface area contributed by atoms with Crippen LogP contribution in [0.15, 0.2) is 22.6 Å². The van der Waals surface area contributed by atoms with E-state index in [9.17, 15) is 0 Å².